The largest absolute Gasteiger partial charge is 0.497 e. The summed E-state index contributed by atoms with van der Waals surface area (Å²) in [6, 6.07) is 5.38. The minimum absolute atomic E-state index is 0.304. The molecule has 1 aromatic rings. The van der Waals surface area contributed by atoms with Gasteiger partial charge in [0.25, 0.3) is 0 Å². The van der Waals surface area contributed by atoms with Crippen LogP contribution in [0.5, 0.6) is 11.5 Å². The summed E-state index contributed by atoms with van der Waals surface area (Å²) in [5.41, 5.74) is 1.61. The van der Waals surface area contributed by atoms with Gasteiger partial charge in [-0.1, -0.05) is 12.2 Å². The van der Waals surface area contributed by atoms with Crippen molar-refractivity contribution in [3.05, 3.63) is 41.3 Å². The van der Waals surface area contributed by atoms with Gasteiger partial charge >= 0.3 is 0 Å². The molecule has 0 bridgehead atoms. The summed E-state index contributed by atoms with van der Waals surface area (Å²) in [7, 11) is -0.360. The monoisotopic (exact) mass is 357 g/mol. The van der Waals surface area contributed by atoms with Gasteiger partial charge in [-0.05, 0) is 31.0 Å². The maximum atomic E-state index is 11.9. The number of ether oxygens (including phenoxy) is 2. The van der Waals surface area contributed by atoms with Crippen LogP contribution < -0.4 is 9.47 Å². The van der Waals surface area contributed by atoms with Crippen molar-refractivity contribution < 1.29 is 17.9 Å². The number of alkyl halides is 1. The molecule has 0 aromatic heterocycles. The Morgan fingerprint density at radius 3 is 2.65 bits per heavy atom. The zero-order valence-electron chi connectivity index (χ0n) is 13.4. The molecule has 0 aliphatic carbocycles. The number of halogens is 1. The Hall–Kier alpha value is -1.66. The summed E-state index contributed by atoms with van der Waals surface area (Å²) in [6.45, 7) is 0. The molecule has 23 heavy (non-hydrogen) atoms. The Kier molecular flexibility index (Phi) is 5.59. The molecule has 0 N–H and O–H groups in total. The maximum Gasteiger partial charge on any atom is 0.234 e. The van der Waals surface area contributed by atoms with E-state index in [1.54, 1.807) is 19.2 Å². The second kappa shape index (κ2) is 7.27. The quantitative estimate of drug-likeness (QED) is 0.733. The van der Waals surface area contributed by atoms with Gasteiger partial charge in [-0.2, -0.15) is 0 Å². The van der Waals surface area contributed by atoms with Crippen molar-refractivity contribution in [3.8, 4) is 11.5 Å². The standard InChI is InChI=1S/C16H20ClNO4S/c1-18(23(3,19)20)16-12(5-4-10-17)6-7-13-11-14(21-2)8-9-15(13)22-16/h6-9,11H,4-5,10H2,1-3H3. The van der Waals surface area contributed by atoms with Crippen LogP contribution in [0.4, 0.5) is 0 Å². The molecule has 0 fully saturated rings. The molecule has 1 aliphatic heterocycles. The summed E-state index contributed by atoms with van der Waals surface area (Å²) in [6.07, 6.45) is 6.26. The highest BCUT2D eigenvalue weighted by Crippen LogP contribution is 2.33. The van der Waals surface area contributed by atoms with Crippen molar-refractivity contribution in [1.29, 1.82) is 0 Å². The predicted octanol–water partition coefficient (Wildman–Crippen LogP) is 3.22. The van der Waals surface area contributed by atoms with Gasteiger partial charge in [-0.3, -0.25) is 0 Å². The van der Waals surface area contributed by atoms with Gasteiger partial charge in [0.15, 0.2) is 0 Å². The van der Waals surface area contributed by atoms with E-state index in [0.29, 0.717) is 29.7 Å². The molecule has 0 unspecified atom stereocenters. The fourth-order valence-electron chi connectivity index (χ4n) is 2.17. The van der Waals surface area contributed by atoms with Crippen molar-refractivity contribution in [2.45, 2.75) is 12.8 Å². The highest BCUT2D eigenvalue weighted by Gasteiger charge is 2.23. The van der Waals surface area contributed by atoms with E-state index in [9.17, 15) is 8.42 Å². The molecule has 126 valence electrons. The van der Waals surface area contributed by atoms with Crippen LogP contribution in [0.15, 0.2) is 35.7 Å². The zero-order chi connectivity index (χ0) is 17.0. The van der Waals surface area contributed by atoms with Gasteiger partial charge < -0.3 is 9.47 Å². The van der Waals surface area contributed by atoms with E-state index in [1.807, 2.05) is 18.2 Å². The molecule has 0 spiro atoms. The lowest BCUT2D eigenvalue weighted by molar-refractivity contribution is 0.316. The smallest absolute Gasteiger partial charge is 0.234 e. The number of fused-ring (bicyclic) bond motifs is 1. The molecule has 0 saturated heterocycles. The van der Waals surface area contributed by atoms with Gasteiger partial charge in [0, 0.05) is 24.1 Å². The number of nitrogens with zero attached hydrogens (tertiary/aromatic N) is 1. The minimum atomic E-state index is -3.43. The van der Waals surface area contributed by atoms with Crippen LogP contribution in [0.2, 0.25) is 0 Å². The fraction of sp³-hybridized carbons (Fsp3) is 0.375. The van der Waals surface area contributed by atoms with Crippen molar-refractivity contribution in [1.82, 2.24) is 4.31 Å². The Morgan fingerprint density at radius 2 is 2.04 bits per heavy atom. The minimum Gasteiger partial charge on any atom is -0.497 e. The highest BCUT2D eigenvalue weighted by molar-refractivity contribution is 7.88. The van der Waals surface area contributed by atoms with Gasteiger partial charge in [0.05, 0.1) is 13.4 Å². The first kappa shape index (κ1) is 17.7. The first-order valence-corrected chi connectivity index (χ1v) is 9.52. The van der Waals surface area contributed by atoms with E-state index < -0.39 is 10.0 Å². The molecule has 0 saturated carbocycles. The Bertz CT molecular complexity index is 740. The average Bonchev–Trinajstić information content (AvgIpc) is 2.69. The summed E-state index contributed by atoms with van der Waals surface area (Å²) < 4.78 is 36.1. The first-order chi connectivity index (χ1) is 10.9. The van der Waals surface area contributed by atoms with Crippen molar-refractivity contribution in [2.75, 3.05) is 26.3 Å². The van der Waals surface area contributed by atoms with E-state index in [4.69, 9.17) is 21.1 Å². The molecule has 1 aliphatic rings. The van der Waals surface area contributed by atoms with Crippen LogP contribution in [0, 0.1) is 0 Å². The summed E-state index contributed by atoms with van der Waals surface area (Å²) in [5.74, 6) is 2.08. The third-order valence-electron chi connectivity index (χ3n) is 3.53. The molecule has 1 aromatic carbocycles. The van der Waals surface area contributed by atoms with Crippen molar-refractivity contribution in [2.24, 2.45) is 0 Å². The summed E-state index contributed by atoms with van der Waals surface area (Å²) in [5, 5.41) is 0. The second-order valence-electron chi connectivity index (χ2n) is 5.19. The maximum absolute atomic E-state index is 11.9. The van der Waals surface area contributed by atoms with E-state index >= 15 is 0 Å². The lowest BCUT2D eigenvalue weighted by atomic mass is 10.1. The topological polar surface area (TPSA) is 55.8 Å². The number of hydrogen-bond acceptors (Lipinski definition) is 4. The molecule has 2 rings (SSSR count). The molecule has 1 heterocycles. The normalized spacial score (nSPS) is 14.1. The molecule has 0 radical (unpaired) electrons. The summed E-state index contributed by atoms with van der Waals surface area (Å²) >= 11 is 5.77. The van der Waals surface area contributed by atoms with Crippen LogP contribution in [-0.2, 0) is 10.0 Å². The van der Waals surface area contributed by atoms with Gasteiger partial charge in [-0.25, -0.2) is 12.7 Å². The number of hydrogen-bond donors (Lipinski definition) is 0. The number of allylic oxidation sites excluding steroid dienone is 2. The second-order valence-corrected chi connectivity index (χ2v) is 7.58. The Morgan fingerprint density at radius 1 is 1.30 bits per heavy atom. The van der Waals surface area contributed by atoms with E-state index in [2.05, 4.69) is 0 Å². The van der Waals surface area contributed by atoms with Crippen LogP contribution in [0.25, 0.3) is 6.08 Å². The van der Waals surface area contributed by atoms with Crippen LogP contribution in [0.3, 0.4) is 0 Å². The number of sulfonamides is 1. The Balaban J connectivity index is 2.48. The molecular formula is C16H20ClNO4S. The number of rotatable bonds is 6. The van der Waals surface area contributed by atoms with Gasteiger partial charge in [0.2, 0.25) is 15.9 Å². The molecule has 7 heteroatoms. The lowest BCUT2D eigenvalue weighted by Gasteiger charge is -2.22. The SMILES string of the molecule is COc1ccc2c(c1)C=CC(CCCCl)=C(N(C)S(C)(=O)=O)O2. The van der Waals surface area contributed by atoms with E-state index in [1.165, 1.54) is 7.05 Å². The van der Waals surface area contributed by atoms with Gasteiger partial charge in [0.1, 0.15) is 11.5 Å². The molecule has 0 atom stereocenters. The highest BCUT2D eigenvalue weighted by atomic mass is 35.5. The lowest BCUT2D eigenvalue weighted by Crippen LogP contribution is -2.29. The average molecular weight is 358 g/mol. The van der Waals surface area contributed by atoms with Crippen molar-refractivity contribution >= 4 is 27.7 Å². The van der Waals surface area contributed by atoms with Crippen LogP contribution >= 0.6 is 11.6 Å². The molecular weight excluding hydrogens is 338 g/mol. The van der Waals surface area contributed by atoms with E-state index in [0.717, 1.165) is 28.1 Å². The molecule has 0 amide bonds. The molecule has 5 nitrogen and oxygen atoms in total. The Labute approximate surface area is 142 Å². The third-order valence-corrected chi connectivity index (χ3v) is 4.95. The van der Waals surface area contributed by atoms with Crippen LogP contribution in [-0.4, -0.2) is 39.0 Å². The summed E-state index contributed by atoms with van der Waals surface area (Å²) in [4.78, 5) is 0. The number of benzene rings is 1. The number of methoxy groups -OCH3 is 1. The first-order valence-electron chi connectivity index (χ1n) is 7.14. The fourth-order valence-corrected chi connectivity index (χ4v) is 2.76. The predicted molar refractivity (Wildman–Crippen MR) is 92.2 cm³/mol. The third kappa shape index (κ3) is 4.20. The van der Waals surface area contributed by atoms with Gasteiger partial charge in [-0.15, -0.1) is 11.6 Å². The van der Waals surface area contributed by atoms with Crippen LogP contribution in [0.1, 0.15) is 18.4 Å². The van der Waals surface area contributed by atoms with Crippen molar-refractivity contribution in [3.63, 3.8) is 0 Å². The zero-order valence-corrected chi connectivity index (χ0v) is 14.9. The van der Waals surface area contributed by atoms with E-state index in [-0.39, 0.29) is 0 Å².